The van der Waals surface area contributed by atoms with Gasteiger partial charge >= 0.3 is 0 Å². The summed E-state index contributed by atoms with van der Waals surface area (Å²) in [4.78, 5) is 43.7. The van der Waals surface area contributed by atoms with Gasteiger partial charge in [-0.15, -0.1) is 11.3 Å². The molecule has 2 N–H and O–H groups in total. The molecule has 0 bridgehead atoms. The van der Waals surface area contributed by atoms with Crippen LogP contribution in [0.3, 0.4) is 0 Å². The van der Waals surface area contributed by atoms with E-state index in [0.29, 0.717) is 43.0 Å². The van der Waals surface area contributed by atoms with Crippen LogP contribution >= 0.6 is 11.3 Å². The number of hydrogen-bond acceptors (Lipinski definition) is 5. The van der Waals surface area contributed by atoms with E-state index >= 15 is 0 Å². The molecular weight excluding hydrogens is 508 g/mol. The van der Waals surface area contributed by atoms with Crippen molar-refractivity contribution in [3.63, 3.8) is 0 Å². The van der Waals surface area contributed by atoms with Gasteiger partial charge in [0.25, 0.3) is 5.91 Å². The summed E-state index contributed by atoms with van der Waals surface area (Å²) in [6, 6.07) is 0. The van der Waals surface area contributed by atoms with Gasteiger partial charge in [0.1, 0.15) is 5.00 Å². The van der Waals surface area contributed by atoms with Crippen molar-refractivity contribution in [2.45, 2.75) is 71.8 Å². The van der Waals surface area contributed by atoms with Gasteiger partial charge in [0.05, 0.1) is 12.1 Å². The van der Waals surface area contributed by atoms with Gasteiger partial charge < -0.3 is 20.4 Å². The van der Waals surface area contributed by atoms with Crippen molar-refractivity contribution in [3.8, 4) is 0 Å². The first-order valence-corrected chi connectivity index (χ1v) is 14.9. The van der Waals surface area contributed by atoms with Crippen molar-refractivity contribution in [1.29, 1.82) is 0 Å². The maximum Gasteiger partial charge on any atom is 0.254 e. The van der Waals surface area contributed by atoms with E-state index in [0.717, 1.165) is 49.1 Å². The second-order valence-electron chi connectivity index (χ2n) is 9.82. The second-order valence-corrected chi connectivity index (χ2v) is 10.9. The lowest BCUT2D eigenvalue weighted by molar-refractivity contribution is -0.131. The molecule has 0 spiro atoms. The Kier molecular flexibility index (Phi) is 15.2. The highest BCUT2D eigenvalue weighted by molar-refractivity contribution is 7.17. The summed E-state index contributed by atoms with van der Waals surface area (Å²) in [6.45, 7) is 6.65. The molecule has 1 aliphatic heterocycles. The first-order chi connectivity index (χ1) is 18.9. The quantitative estimate of drug-likeness (QED) is 0.198. The molecule has 0 saturated carbocycles. The summed E-state index contributed by atoms with van der Waals surface area (Å²) in [6.07, 6.45) is 21.8. The fourth-order valence-corrected chi connectivity index (χ4v) is 5.46. The van der Waals surface area contributed by atoms with E-state index in [-0.39, 0.29) is 24.1 Å². The van der Waals surface area contributed by atoms with Crippen molar-refractivity contribution in [2.75, 3.05) is 39.0 Å². The van der Waals surface area contributed by atoms with Crippen LogP contribution < -0.4 is 10.6 Å². The SMILES string of the molecule is CC/C=C\C/C=C\CC(=O)Nc1sc2c(c1C(=O)NCCCN(C)C)CCN(C(=O)C/C=C\C/C=C\CC)C2. The molecule has 39 heavy (non-hydrogen) atoms. The molecule has 0 atom stereocenters. The number of carbonyl (C=O) groups is 3. The van der Waals surface area contributed by atoms with Crippen LogP contribution in [0.15, 0.2) is 48.6 Å². The molecular formula is C31H46N4O3S. The fourth-order valence-electron chi connectivity index (χ4n) is 4.19. The summed E-state index contributed by atoms with van der Waals surface area (Å²) in [5.41, 5.74) is 1.50. The Morgan fingerprint density at radius 2 is 1.56 bits per heavy atom. The van der Waals surface area contributed by atoms with E-state index in [9.17, 15) is 14.4 Å². The highest BCUT2D eigenvalue weighted by Gasteiger charge is 2.30. The monoisotopic (exact) mass is 554 g/mol. The molecule has 0 fully saturated rings. The molecule has 2 heterocycles. The predicted octanol–water partition coefficient (Wildman–Crippen LogP) is 5.86. The second kappa shape index (κ2) is 18.3. The number of carbonyl (C=O) groups excluding carboxylic acids is 3. The summed E-state index contributed by atoms with van der Waals surface area (Å²) in [5, 5.41) is 6.59. The Morgan fingerprint density at radius 3 is 2.21 bits per heavy atom. The lowest BCUT2D eigenvalue weighted by Crippen LogP contribution is -2.36. The van der Waals surface area contributed by atoms with Crippen LogP contribution in [0.4, 0.5) is 5.00 Å². The number of rotatable bonds is 16. The molecule has 0 radical (unpaired) electrons. The van der Waals surface area contributed by atoms with Crippen molar-refractivity contribution in [3.05, 3.63) is 64.6 Å². The molecule has 214 valence electrons. The number of anilines is 1. The molecule has 2 rings (SSSR count). The highest BCUT2D eigenvalue weighted by atomic mass is 32.1. The fraction of sp³-hybridized carbons (Fsp3) is 0.516. The van der Waals surface area contributed by atoms with Crippen LogP contribution in [-0.4, -0.2) is 61.3 Å². The van der Waals surface area contributed by atoms with Crippen LogP contribution in [0, 0.1) is 0 Å². The Bertz CT molecular complexity index is 1050. The third-order valence-corrected chi connectivity index (χ3v) is 7.37. The van der Waals surface area contributed by atoms with Gasteiger partial charge in [-0.05, 0) is 64.7 Å². The summed E-state index contributed by atoms with van der Waals surface area (Å²) >= 11 is 1.41. The Morgan fingerprint density at radius 1 is 0.923 bits per heavy atom. The summed E-state index contributed by atoms with van der Waals surface area (Å²) in [5.74, 6) is -0.238. The van der Waals surface area contributed by atoms with Crippen LogP contribution in [0.2, 0.25) is 0 Å². The Balaban J connectivity index is 2.11. The van der Waals surface area contributed by atoms with Gasteiger partial charge in [0.2, 0.25) is 11.8 Å². The van der Waals surface area contributed by atoms with E-state index in [1.165, 1.54) is 11.3 Å². The molecule has 0 unspecified atom stereocenters. The number of thiophene rings is 1. The number of hydrogen-bond donors (Lipinski definition) is 2. The molecule has 1 aromatic heterocycles. The van der Waals surface area contributed by atoms with Crippen LogP contribution in [0.1, 0.15) is 79.6 Å². The van der Waals surface area contributed by atoms with Gasteiger partial charge in [-0.25, -0.2) is 0 Å². The maximum atomic E-state index is 13.3. The zero-order chi connectivity index (χ0) is 28.5. The van der Waals surface area contributed by atoms with Crippen molar-refractivity contribution in [1.82, 2.24) is 15.1 Å². The van der Waals surface area contributed by atoms with E-state index in [4.69, 9.17) is 0 Å². The molecule has 0 saturated heterocycles. The number of nitrogens with zero attached hydrogens (tertiary/aromatic N) is 2. The standard InChI is InChI=1S/C31H46N4O3S/c1-5-7-9-11-13-15-18-27(36)33-31-29(30(38)32-21-17-22-34(3)4)25-20-23-35(24-26(25)39-31)28(37)19-16-14-12-10-8-6-2/h7-10,13-16H,5-6,11-12,17-24H2,1-4H3,(H,32,38)(H,33,36)/b9-7-,10-8-,15-13-,16-14-. The predicted molar refractivity (Wildman–Crippen MR) is 163 cm³/mol. The third kappa shape index (κ3) is 11.8. The third-order valence-electron chi connectivity index (χ3n) is 6.24. The van der Waals surface area contributed by atoms with E-state index in [1.807, 2.05) is 43.3 Å². The van der Waals surface area contributed by atoms with Gasteiger partial charge in [-0.1, -0.05) is 62.5 Å². The minimum Gasteiger partial charge on any atom is -0.352 e. The normalized spacial score (nSPS) is 13.8. The molecule has 0 aromatic carbocycles. The summed E-state index contributed by atoms with van der Waals surface area (Å²) in [7, 11) is 4.01. The van der Waals surface area contributed by atoms with Crippen LogP contribution in [0.25, 0.3) is 0 Å². The van der Waals surface area contributed by atoms with Crippen molar-refractivity contribution in [2.24, 2.45) is 0 Å². The lowest BCUT2D eigenvalue weighted by Gasteiger charge is -2.27. The topological polar surface area (TPSA) is 81.8 Å². The number of allylic oxidation sites excluding steroid dienone is 6. The van der Waals surface area contributed by atoms with Crippen molar-refractivity contribution >= 4 is 34.1 Å². The number of fused-ring (bicyclic) bond motifs is 1. The van der Waals surface area contributed by atoms with Crippen LogP contribution in [-0.2, 0) is 22.6 Å². The minimum atomic E-state index is -0.162. The zero-order valence-corrected chi connectivity index (χ0v) is 24.9. The van der Waals surface area contributed by atoms with E-state index in [2.05, 4.69) is 53.7 Å². The molecule has 1 aromatic rings. The average Bonchev–Trinajstić information content (AvgIpc) is 3.27. The number of nitrogens with one attached hydrogen (secondary N) is 2. The number of amides is 3. The van der Waals surface area contributed by atoms with Crippen LogP contribution in [0.5, 0.6) is 0 Å². The molecule has 1 aliphatic rings. The molecule has 0 aliphatic carbocycles. The highest BCUT2D eigenvalue weighted by Crippen LogP contribution is 2.37. The maximum absolute atomic E-state index is 13.3. The Labute approximate surface area is 238 Å². The largest absolute Gasteiger partial charge is 0.352 e. The first kappa shape index (κ1) is 32.2. The minimum absolute atomic E-state index is 0.0762. The van der Waals surface area contributed by atoms with E-state index < -0.39 is 0 Å². The van der Waals surface area contributed by atoms with E-state index in [1.54, 1.807) is 0 Å². The molecule has 7 nitrogen and oxygen atoms in total. The van der Waals surface area contributed by atoms with Gasteiger partial charge in [0.15, 0.2) is 0 Å². The summed E-state index contributed by atoms with van der Waals surface area (Å²) < 4.78 is 0. The molecule has 3 amide bonds. The first-order valence-electron chi connectivity index (χ1n) is 14.1. The smallest absolute Gasteiger partial charge is 0.254 e. The van der Waals surface area contributed by atoms with Gasteiger partial charge in [-0.2, -0.15) is 0 Å². The molecule has 8 heteroatoms. The zero-order valence-electron chi connectivity index (χ0n) is 24.1. The average molecular weight is 555 g/mol. The van der Waals surface area contributed by atoms with Crippen molar-refractivity contribution < 1.29 is 14.4 Å². The Hall–Kier alpha value is -2.97. The lowest BCUT2D eigenvalue weighted by atomic mass is 10.0. The van der Waals surface area contributed by atoms with Gasteiger partial charge in [0, 0.05) is 30.8 Å². The van der Waals surface area contributed by atoms with Gasteiger partial charge in [-0.3, -0.25) is 14.4 Å².